The number of amides is 1. The quantitative estimate of drug-likeness (QED) is 0.813. The zero-order valence-electron chi connectivity index (χ0n) is 9.62. The number of carbonyl (C=O) groups is 1. The Morgan fingerprint density at radius 3 is 2.65 bits per heavy atom. The SMILES string of the molecule is CCCN(CCBr)C(=O)c1ccc(Br)cc1O. The first-order chi connectivity index (χ1) is 8.10. The lowest BCUT2D eigenvalue weighted by atomic mass is 10.1. The molecule has 0 aliphatic heterocycles. The van der Waals surface area contributed by atoms with Crippen molar-refractivity contribution in [1.29, 1.82) is 0 Å². The Balaban J connectivity index is 2.92. The predicted molar refractivity (Wildman–Crippen MR) is 75.8 cm³/mol. The highest BCUT2D eigenvalue weighted by Gasteiger charge is 2.17. The van der Waals surface area contributed by atoms with Crippen LogP contribution < -0.4 is 0 Å². The summed E-state index contributed by atoms with van der Waals surface area (Å²) >= 11 is 6.58. The van der Waals surface area contributed by atoms with E-state index in [1.807, 2.05) is 6.92 Å². The number of carbonyl (C=O) groups excluding carboxylic acids is 1. The van der Waals surface area contributed by atoms with Crippen LogP contribution in [0.15, 0.2) is 22.7 Å². The number of nitrogens with zero attached hydrogens (tertiary/aromatic N) is 1. The molecule has 0 unspecified atom stereocenters. The summed E-state index contributed by atoms with van der Waals surface area (Å²) in [4.78, 5) is 13.9. The van der Waals surface area contributed by atoms with E-state index in [0.29, 0.717) is 18.7 Å². The van der Waals surface area contributed by atoms with E-state index in [1.54, 1.807) is 17.0 Å². The molecule has 0 saturated heterocycles. The van der Waals surface area contributed by atoms with E-state index in [4.69, 9.17) is 0 Å². The molecule has 1 aromatic carbocycles. The summed E-state index contributed by atoms with van der Waals surface area (Å²) in [6.07, 6.45) is 0.899. The van der Waals surface area contributed by atoms with Crippen molar-refractivity contribution in [2.75, 3.05) is 18.4 Å². The van der Waals surface area contributed by atoms with Crippen molar-refractivity contribution in [2.24, 2.45) is 0 Å². The molecule has 0 aliphatic carbocycles. The lowest BCUT2D eigenvalue weighted by Crippen LogP contribution is -2.33. The average Bonchev–Trinajstić information content (AvgIpc) is 2.28. The van der Waals surface area contributed by atoms with Crippen LogP contribution in [0, 0.1) is 0 Å². The number of phenols is 1. The van der Waals surface area contributed by atoms with Gasteiger partial charge < -0.3 is 10.0 Å². The van der Waals surface area contributed by atoms with Gasteiger partial charge in [0.25, 0.3) is 5.91 Å². The number of rotatable bonds is 5. The molecule has 1 aromatic rings. The summed E-state index contributed by atoms with van der Waals surface area (Å²) in [5.41, 5.74) is 0.350. The number of benzene rings is 1. The zero-order valence-corrected chi connectivity index (χ0v) is 12.8. The van der Waals surface area contributed by atoms with Crippen LogP contribution in [-0.2, 0) is 0 Å². The maximum absolute atomic E-state index is 12.2. The topological polar surface area (TPSA) is 40.5 Å². The van der Waals surface area contributed by atoms with Gasteiger partial charge in [-0.2, -0.15) is 0 Å². The van der Waals surface area contributed by atoms with E-state index in [1.165, 1.54) is 6.07 Å². The second kappa shape index (κ2) is 7.01. The first-order valence-corrected chi connectivity index (χ1v) is 7.35. The van der Waals surface area contributed by atoms with Crippen molar-refractivity contribution < 1.29 is 9.90 Å². The molecular weight excluding hydrogens is 350 g/mol. The Labute approximate surface area is 118 Å². The molecule has 0 atom stereocenters. The van der Waals surface area contributed by atoms with E-state index in [0.717, 1.165) is 16.2 Å². The van der Waals surface area contributed by atoms with Crippen LogP contribution >= 0.6 is 31.9 Å². The van der Waals surface area contributed by atoms with Gasteiger partial charge in [-0.05, 0) is 24.6 Å². The summed E-state index contributed by atoms with van der Waals surface area (Å²) in [5, 5.41) is 10.5. The summed E-state index contributed by atoms with van der Waals surface area (Å²) < 4.78 is 0.758. The first-order valence-electron chi connectivity index (χ1n) is 5.44. The van der Waals surface area contributed by atoms with Crippen LogP contribution in [0.1, 0.15) is 23.7 Å². The van der Waals surface area contributed by atoms with Gasteiger partial charge in [0.15, 0.2) is 0 Å². The number of phenolic OH excluding ortho intramolecular Hbond substituents is 1. The highest BCUT2D eigenvalue weighted by Crippen LogP contribution is 2.23. The number of hydrogen-bond acceptors (Lipinski definition) is 2. The molecule has 0 saturated carbocycles. The smallest absolute Gasteiger partial charge is 0.257 e. The molecule has 3 nitrogen and oxygen atoms in total. The van der Waals surface area contributed by atoms with Gasteiger partial charge in [-0.1, -0.05) is 38.8 Å². The highest BCUT2D eigenvalue weighted by molar-refractivity contribution is 9.10. The fourth-order valence-electron chi connectivity index (χ4n) is 1.54. The van der Waals surface area contributed by atoms with Crippen molar-refractivity contribution in [3.05, 3.63) is 28.2 Å². The molecule has 0 fully saturated rings. The molecule has 0 aliphatic rings. The zero-order chi connectivity index (χ0) is 12.8. The molecule has 0 bridgehead atoms. The molecule has 1 amide bonds. The van der Waals surface area contributed by atoms with Crippen molar-refractivity contribution in [3.8, 4) is 5.75 Å². The monoisotopic (exact) mass is 363 g/mol. The molecule has 17 heavy (non-hydrogen) atoms. The maximum Gasteiger partial charge on any atom is 0.257 e. The van der Waals surface area contributed by atoms with Crippen molar-refractivity contribution in [1.82, 2.24) is 4.90 Å². The van der Waals surface area contributed by atoms with Crippen LogP contribution in [0.5, 0.6) is 5.75 Å². The molecule has 0 heterocycles. The minimum atomic E-state index is -0.128. The van der Waals surface area contributed by atoms with Crippen molar-refractivity contribution in [2.45, 2.75) is 13.3 Å². The number of halogens is 2. The van der Waals surface area contributed by atoms with Gasteiger partial charge in [-0.25, -0.2) is 0 Å². The Kier molecular flexibility index (Phi) is 5.98. The molecule has 0 aromatic heterocycles. The number of alkyl halides is 1. The van der Waals surface area contributed by atoms with Crippen LogP contribution in [0.25, 0.3) is 0 Å². The third-order valence-electron chi connectivity index (χ3n) is 2.33. The maximum atomic E-state index is 12.2. The lowest BCUT2D eigenvalue weighted by Gasteiger charge is -2.21. The number of aromatic hydroxyl groups is 1. The summed E-state index contributed by atoms with van der Waals surface area (Å²) in [7, 11) is 0. The van der Waals surface area contributed by atoms with Gasteiger partial charge >= 0.3 is 0 Å². The van der Waals surface area contributed by atoms with Gasteiger partial charge in [0.2, 0.25) is 0 Å². The second-order valence-electron chi connectivity index (χ2n) is 3.64. The van der Waals surface area contributed by atoms with Gasteiger partial charge in [-0.3, -0.25) is 4.79 Å². The van der Waals surface area contributed by atoms with E-state index in [2.05, 4.69) is 31.9 Å². The third-order valence-corrected chi connectivity index (χ3v) is 3.17. The van der Waals surface area contributed by atoms with Crippen molar-refractivity contribution >= 4 is 37.8 Å². The minimum absolute atomic E-state index is 0.0139. The van der Waals surface area contributed by atoms with Gasteiger partial charge in [-0.15, -0.1) is 0 Å². The molecular formula is C12H15Br2NO2. The van der Waals surface area contributed by atoms with Crippen LogP contribution in [0.2, 0.25) is 0 Å². The van der Waals surface area contributed by atoms with E-state index in [9.17, 15) is 9.90 Å². The molecule has 5 heteroatoms. The Hall–Kier alpha value is -0.550. The summed E-state index contributed by atoms with van der Waals surface area (Å²) in [5.74, 6) is -0.114. The van der Waals surface area contributed by atoms with Crippen LogP contribution in [0.3, 0.4) is 0 Å². The molecule has 94 valence electrons. The molecule has 1 N–H and O–H groups in total. The number of hydrogen-bond donors (Lipinski definition) is 1. The molecule has 1 rings (SSSR count). The fourth-order valence-corrected chi connectivity index (χ4v) is 2.32. The molecule has 0 radical (unpaired) electrons. The van der Waals surface area contributed by atoms with Crippen LogP contribution in [-0.4, -0.2) is 34.3 Å². The van der Waals surface area contributed by atoms with Crippen molar-refractivity contribution in [3.63, 3.8) is 0 Å². The van der Waals surface area contributed by atoms with Gasteiger partial charge in [0.05, 0.1) is 5.56 Å². The van der Waals surface area contributed by atoms with E-state index >= 15 is 0 Å². The lowest BCUT2D eigenvalue weighted by molar-refractivity contribution is 0.0763. The minimum Gasteiger partial charge on any atom is -0.507 e. The normalized spacial score (nSPS) is 10.3. The Bertz CT molecular complexity index is 390. The molecule has 0 spiro atoms. The Morgan fingerprint density at radius 2 is 2.12 bits per heavy atom. The third kappa shape index (κ3) is 4.00. The standard InChI is InChI=1S/C12H15Br2NO2/c1-2-6-15(7-5-13)12(17)10-4-3-9(14)8-11(10)16/h3-4,8,16H,2,5-7H2,1H3. The fraction of sp³-hybridized carbons (Fsp3) is 0.417. The summed E-state index contributed by atoms with van der Waals surface area (Å²) in [6.45, 7) is 3.36. The van der Waals surface area contributed by atoms with Crippen LogP contribution in [0.4, 0.5) is 0 Å². The van der Waals surface area contributed by atoms with E-state index in [-0.39, 0.29) is 11.7 Å². The second-order valence-corrected chi connectivity index (χ2v) is 5.35. The highest BCUT2D eigenvalue weighted by atomic mass is 79.9. The first kappa shape index (κ1) is 14.5. The van der Waals surface area contributed by atoms with Gasteiger partial charge in [0.1, 0.15) is 5.75 Å². The van der Waals surface area contributed by atoms with Gasteiger partial charge in [0, 0.05) is 22.9 Å². The Morgan fingerprint density at radius 1 is 1.41 bits per heavy atom. The predicted octanol–water partition coefficient (Wildman–Crippen LogP) is 3.40. The van der Waals surface area contributed by atoms with E-state index < -0.39 is 0 Å². The largest absolute Gasteiger partial charge is 0.507 e. The average molecular weight is 365 g/mol. The summed E-state index contributed by atoms with van der Waals surface area (Å²) in [6, 6.07) is 4.93.